The molecule has 0 saturated heterocycles. The molecule has 2 aromatic carbocycles. The molecular weight excluding hydrogens is 362 g/mol. The van der Waals surface area contributed by atoms with Crippen LogP contribution in [-0.2, 0) is 0 Å². The normalized spacial score (nSPS) is 10.4. The number of carbonyl (C=O) groups excluding carboxylic acids is 1. The van der Waals surface area contributed by atoms with E-state index in [1.807, 2.05) is 32.0 Å². The van der Waals surface area contributed by atoms with Crippen molar-refractivity contribution in [3.05, 3.63) is 76.6 Å². The predicted octanol–water partition coefficient (Wildman–Crippen LogP) is 5.36. The summed E-state index contributed by atoms with van der Waals surface area (Å²) < 4.78 is 5.33. The Labute approximate surface area is 163 Å². The third-order valence-electron chi connectivity index (χ3n) is 4.07. The van der Waals surface area contributed by atoms with Gasteiger partial charge < -0.3 is 15.4 Å². The van der Waals surface area contributed by atoms with Gasteiger partial charge in [-0.1, -0.05) is 29.3 Å². The van der Waals surface area contributed by atoms with E-state index in [9.17, 15) is 4.79 Å². The van der Waals surface area contributed by atoms with Gasteiger partial charge in [-0.15, -0.1) is 0 Å². The molecule has 0 aliphatic rings. The average Bonchev–Trinajstić information content (AvgIpc) is 2.64. The number of aryl methyl sites for hydroxylation is 2. The SMILES string of the molecule is COc1ccc(Cl)cc1Nc1cncc(C(=O)Nc2ccc(C)cc2C)c1. The number of hydrogen-bond donors (Lipinski definition) is 2. The highest BCUT2D eigenvalue weighted by Crippen LogP contribution is 2.30. The van der Waals surface area contributed by atoms with Gasteiger partial charge in [-0.25, -0.2) is 0 Å². The van der Waals surface area contributed by atoms with Gasteiger partial charge in [0.15, 0.2) is 0 Å². The third kappa shape index (κ3) is 4.57. The standard InChI is InChI=1S/C21H20ClN3O2/c1-13-4-6-18(14(2)8-13)25-21(26)15-9-17(12-23-11-15)24-19-10-16(22)5-7-20(19)27-3/h4-12,24H,1-3H3,(H,25,26). The van der Waals surface area contributed by atoms with Gasteiger partial charge in [-0.3, -0.25) is 9.78 Å². The van der Waals surface area contributed by atoms with E-state index in [1.54, 1.807) is 37.6 Å². The molecular formula is C21H20ClN3O2. The second kappa shape index (κ2) is 8.10. The summed E-state index contributed by atoms with van der Waals surface area (Å²) >= 11 is 6.06. The molecule has 5 nitrogen and oxygen atoms in total. The topological polar surface area (TPSA) is 63.2 Å². The van der Waals surface area contributed by atoms with E-state index in [4.69, 9.17) is 16.3 Å². The Morgan fingerprint density at radius 1 is 1.04 bits per heavy atom. The molecule has 0 spiro atoms. The Kier molecular flexibility index (Phi) is 5.62. The van der Waals surface area contributed by atoms with Crippen LogP contribution in [0.5, 0.6) is 5.75 Å². The van der Waals surface area contributed by atoms with Crippen molar-refractivity contribution in [1.29, 1.82) is 0 Å². The van der Waals surface area contributed by atoms with Crippen LogP contribution < -0.4 is 15.4 Å². The Bertz CT molecular complexity index is 989. The zero-order chi connectivity index (χ0) is 19.4. The van der Waals surface area contributed by atoms with E-state index in [1.165, 1.54) is 6.20 Å². The van der Waals surface area contributed by atoms with Crippen molar-refractivity contribution in [2.75, 3.05) is 17.7 Å². The van der Waals surface area contributed by atoms with Crippen LogP contribution >= 0.6 is 11.6 Å². The van der Waals surface area contributed by atoms with Gasteiger partial charge in [-0.2, -0.15) is 0 Å². The van der Waals surface area contributed by atoms with E-state index in [-0.39, 0.29) is 5.91 Å². The lowest BCUT2D eigenvalue weighted by Gasteiger charge is -2.13. The van der Waals surface area contributed by atoms with Crippen LogP contribution in [0.15, 0.2) is 54.9 Å². The first-order valence-electron chi connectivity index (χ1n) is 8.40. The minimum atomic E-state index is -0.226. The first-order chi connectivity index (χ1) is 13.0. The van der Waals surface area contributed by atoms with Crippen molar-refractivity contribution < 1.29 is 9.53 Å². The molecule has 6 heteroatoms. The number of anilines is 3. The number of aromatic nitrogens is 1. The molecule has 0 atom stereocenters. The first-order valence-corrected chi connectivity index (χ1v) is 8.78. The number of ether oxygens (including phenoxy) is 1. The number of halogens is 1. The Morgan fingerprint density at radius 3 is 2.59 bits per heavy atom. The molecule has 3 aromatic rings. The second-order valence-electron chi connectivity index (χ2n) is 6.20. The lowest BCUT2D eigenvalue weighted by atomic mass is 10.1. The molecule has 138 valence electrons. The molecule has 0 aliphatic carbocycles. The number of nitrogens with one attached hydrogen (secondary N) is 2. The summed E-state index contributed by atoms with van der Waals surface area (Å²) in [4.78, 5) is 16.8. The molecule has 1 aromatic heterocycles. The van der Waals surface area contributed by atoms with Crippen molar-refractivity contribution in [1.82, 2.24) is 4.98 Å². The van der Waals surface area contributed by atoms with E-state index >= 15 is 0 Å². The molecule has 0 saturated carbocycles. The zero-order valence-electron chi connectivity index (χ0n) is 15.3. The number of benzene rings is 2. The van der Waals surface area contributed by atoms with E-state index in [0.717, 1.165) is 16.8 Å². The summed E-state index contributed by atoms with van der Waals surface area (Å²) in [5, 5.41) is 6.69. The van der Waals surface area contributed by atoms with Gasteiger partial charge >= 0.3 is 0 Å². The van der Waals surface area contributed by atoms with Crippen molar-refractivity contribution >= 4 is 34.6 Å². The maximum absolute atomic E-state index is 12.6. The van der Waals surface area contributed by atoms with E-state index < -0.39 is 0 Å². The van der Waals surface area contributed by atoms with Crippen LogP contribution in [0.3, 0.4) is 0 Å². The highest BCUT2D eigenvalue weighted by Gasteiger charge is 2.11. The maximum Gasteiger partial charge on any atom is 0.257 e. The quantitative estimate of drug-likeness (QED) is 0.624. The fourth-order valence-electron chi connectivity index (χ4n) is 2.71. The molecule has 0 aliphatic heterocycles. The highest BCUT2D eigenvalue weighted by atomic mass is 35.5. The van der Waals surface area contributed by atoms with Crippen molar-refractivity contribution in [2.45, 2.75) is 13.8 Å². The van der Waals surface area contributed by atoms with Crippen molar-refractivity contribution in [3.8, 4) is 5.75 Å². The Balaban J connectivity index is 1.81. The largest absolute Gasteiger partial charge is 0.495 e. The summed E-state index contributed by atoms with van der Waals surface area (Å²) in [7, 11) is 1.58. The monoisotopic (exact) mass is 381 g/mol. The van der Waals surface area contributed by atoms with Crippen molar-refractivity contribution in [2.24, 2.45) is 0 Å². The van der Waals surface area contributed by atoms with Crippen LogP contribution in [-0.4, -0.2) is 18.0 Å². The average molecular weight is 382 g/mol. The van der Waals surface area contributed by atoms with Crippen molar-refractivity contribution in [3.63, 3.8) is 0 Å². The fourth-order valence-corrected chi connectivity index (χ4v) is 2.89. The van der Waals surface area contributed by atoms with Crippen LogP contribution in [0.4, 0.5) is 17.1 Å². The van der Waals surface area contributed by atoms with Gasteiger partial charge in [0.1, 0.15) is 5.75 Å². The zero-order valence-corrected chi connectivity index (χ0v) is 16.1. The smallest absolute Gasteiger partial charge is 0.257 e. The number of hydrogen-bond acceptors (Lipinski definition) is 4. The summed E-state index contributed by atoms with van der Waals surface area (Å²) in [5.74, 6) is 0.417. The molecule has 2 N–H and O–H groups in total. The van der Waals surface area contributed by atoms with Gasteiger partial charge in [-0.05, 0) is 49.7 Å². The molecule has 0 unspecified atom stereocenters. The van der Waals surface area contributed by atoms with E-state index in [2.05, 4.69) is 15.6 Å². The minimum absolute atomic E-state index is 0.226. The summed E-state index contributed by atoms with van der Waals surface area (Å²) in [6.07, 6.45) is 3.16. The number of methoxy groups -OCH3 is 1. The number of amides is 1. The van der Waals surface area contributed by atoms with Gasteiger partial charge in [0.2, 0.25) is 0 Å². The molecule has 3 rings (SSSR count). The van der Waals surface area contributed by atoms with Crippen LogP contribution in [0, 0.1) is 13.8 Å². The molecule has 0 radical (unpaired) electrons. The van der Waals surface area contributed by atoms with Gasteiger partial charge in [0, 0.05) is 16.9 Å². The minimum Gasteiger partial charge on any atom is -0.495 e. The number of pyridine rings is 1. The Hall–Kier alpha value is -3.05. The summed E-state index contributed by atoms with van der Waals surface area (Å²) in [6, 6.07) is 12.9. The molecule has 27 heavy (non-hydrogen) atoms. The van der Waals surface area contributed by atoms with E-state index in [0.29, 0.717) is 27.7 Å². The lowest BCUT2D eigenvalue weighted by molar-refractivity contribution is 0.102. The number of carbonyl (C=O) groups is 1. The lowest BCUT2D eigenvalue weighted by Crippen LogP contribution is -2.13. The number of nitrogens with zero attached hydrogens (tertiary/aromatic N) is 1. The fraction of sp³-hybridized carbons (Fsp3) is 0.143. The predicted molar refractivity (Wildman–Crippen MR) is 109 cm³/mol. The highest BCUT2D eigenvalue weighted by molar-refractivity contribution is 6.31. The summed E-state index contributed by atoms with van der Waals surface area (Å²) in [5.41, 5.74) is 4.73. The number of rotatable bonds is 5. The molecule has 0 fully saturated rings. The molecule has 0 bridgehead atoms. The first kappa shape index (κ1) is 18.7. The van der Waals surface area contributed by atoms with Crippen LogP contribution in [0.2, 0.25) is 5.02 Å². The van der Waals surface area contributed by atoms with Crippen LogP contribution in [0.1, 0.15) is 21.5 Å². The second-order valence-corrected chi connectivity index (χ2v) is 6.64. The molecule has 1 heterocycles. The third-order valence-corrected chi connectivity index (χ3v) is 4.31. The molecule has 1 amide bonds. The van der Waals surface area contributed by atoms with Gasteiger partial charge in [0.05, 0.1) is 30.2 Å². The Morgan fingerprint density at radius 2 is 1.85 bits per heavy atom. The van der Waals surface area contributed by atoms with Gasteiger partial charge in [0.25, 0.3) is 5.91 Å². The summed E-state index contributed by atoms with van der Waals surface area (Å²) in [6.45, 7) is 3.98. The maximum atomic E-state index is 12.6. The van der Waals surface area contributed by atoms with Crippen LogP contribution in [0.25, 0.3) is 0 Å².